The molecule has 1 fully saturated rings. The quantitative estimate of drug-likeness (QED) is 0.240. The lowest BCUT2D eigenvalue weighted by Gasteiger charge is -2.19. The maximum absolute atomic E-state index is 12.4. The van der Waals surface area contributed by atoms with Gasteiger partial charge in [0.1, 0.15) is 5.54 Å². The van der Waals surface area contributed by atoms with E-state index in [1.807, 2.05) is 13.8 Å². The first-order valence-corrected chi connectivity index (χ1v) is 9.92. The van der Waals surface area contributed by atoms with Crippen LogP contribution in [0.15, 0.2) is 4.99 Å². The van der Waals surface area contributed by atoms with Crippen LogP contribution in [0.2, 0.25) is 0 Å². The second kappa shape index (κ2) is 10.4. The molecule has 0 aromatic rings. The zero-order valence-electron chi connectivity index (χ0n) is 17.3. The highest BCUT2D eigenvalue weighted by Gasteiger charge is 2.45. The maximum Gasteiger partial charge on any atom is 0.325 e. The van der Waals surface area contributed by atoms with Crippen molar-refractivity contribution in [1.29, 1.82) is 0 Å². The van der Waals surface area contributed by atoms with Crippen molar-refractivity contribution in [2.24, 2.45) is 10.9 Å². The minimum atomic E-state index is -0.761. The van der Waals surface area contributed by atoms with E-state index >= 15 is 0 Å². The fourth-order valence-corrected chi connectivity index (χ4v) is 2.82. The topological polar surface area (TPSA) is 85.8 Å². The molecule has 0 aromatic heterocycles. The van der Waals surface area contributed by atoms with Gasteiger partial charge in [-0.05, 0) is 52.4 Å². The van der Waals surface area contributed by atoms with Gasteiger partial charge in [-0.2, -0.15) is 0 Å². The molecular weight excluding hydrogens is 330 g/mol. The van der Waals surface area contributed by atoms with Gasteiger partial charge in [-0.15, -0.1) is 0 Å². The van der Waals surface area contributed by atoms with E-state index in [9.17, 15) is 9.59 Å². The number of amides is 3. The van der Waals surface area contributed by atoms with Gasteiger partial charge in [0.15, 0.2) is 5.96 Å². The predicted octanol–water partition coefficient (Wildman–Crippen LogP) is 2.48. The first kappa shape index (κ1) is 22.3. The third-order valence-corrected chi connectivity index (χ3v) is 4.77. The number of nitrogens with zero attached hydrogens (tertiary/aromatic N) is 2. The Balaban J connectivity index is 2.48. The van der Waals surface area contributed by atoms with Crippen LogP contribution < -0.4 is 16.0 Å². The van der Waals surface area contributed by atoms with Crippen LogP contribution in [0.25, 0.3) is 0 Å². The molecule has 0 bridgehead atoms. The van der Waals surface area contributed by atoms with E-state index in [2.05, 4.69) is 41.7 Å². The maximum atomic E-state index is 12.4. The average molecular weight is 368 g/mol. The zero-order chi connectivity index (χ0) is 19.7. The van der Waals surface area contributed by atoms with Gasteiger partial charge < -0.3 is 16.0 Å². The average Bonchev–Trinajstić information content (AvgIpc) is 2.80. The first-order valence-electron chi connectivity index (χ1n) is 9.92. The van der Waals surface area contributed by atoms with Crippen LogP contribution in [-0.2, 0) is 4.79 Å². The fraction of sp³-hybridized carbons (Fsp3) is 0.842. The van der Waals surface area contributed by atoms with E-state index < -0.39 is 5.54 Å². The van der Waals surface area contributed by atoms with Crippen LogP contribution in [0, 0.1) is 5.92 Å². The van der Waals surface area contributed by atoms with Gasteiger partial charge in [0.2, 0.25) is 0 Å². The molecule has 1 aliphatic rings. The Morgan fingerprint density at radius 3 is 2.46 bits per heavy atom. The molecule has 7 nitrogen and oxygen atoms in total. The molecule has 26 heavy (non-hydrogen) atoms. The molecule has 150 valence electrons. The largest absolute Gasteiger partial charge is 0.357 e. The SMILES string of the molecule is CCNC(=NCCCN1C(=O)NC(C)(CC)C1=O)NC(C)CCC(C)C. The number of urea groups is 1. The Morgan fingerprint density at radius 2 is 1.92 bits per heavy atom. The zero-order valence-corrected chi connectivity index (χ0v) is 17.3. The monoisotopic (exact) mass is 367 g/mol. The molecule has 1 aliphatic heterocycles. The third-order valence-electron chi connectivity index (χ3n) is 4.77. The summed E-state index contributed by atoms with van der Waals surface area (Å²) in [5.74, 6) is 1.34. The van der Waals surface area contributed by atoms with Gasteiger partial charge in [-0.1, -0.05) is 20.8 Å². The molecule has 2 unspecified atom stereocenters. The number of rotatable bonds is 10. The highest BCUT2D eigenvalue weighted by molar-refractivity contribution is 6.06. The number of hydrogen-bond acceptors (Lipinski definition) is 3. The number of carbonyl (C=O) groups is 2. The molecule has 0 aliphatic carbocycles. The Kier molecular flexibility index (Phi) is 8.88. The standard InChI is InChI=1S/C19H37N5O2/c1-7-19(6)16(25)24(18(26)23-19)13-9-12-21-17(20-8-2)22-15(5)11-10-14(3)4/h14-15H,7-13H2,1-6H3,(H,23,26)(H2,20,21,22). The molecule has 1 rings (SSSR count). The summed E-state index contributed by atoms with van der Waals surface area (Å²) in [6.07, 6.45) is 3.51. The lowest BCUT2D eigenvalue weighted by molar-refractivity contribution is -0.130. The number of imide groups is 1. The molecule has 0 spiro atoms. The number of hydrogen-bond donors (Lipinski definition) is 3. The Labute approximate surface area is 158 Å². The molecular formula is C19H37N5O2. The van der Waals surface area contributed by atoms with Crippen molar-refractivity contribution in [2.75, 3.05) is 19.6 Å². The normalized spacial score (nSPS) is 22.0. The summed E-state index contributed by atoms with van der Waals surface area (Å²) in [6.45, 7) is 14.1. The van der Waals surface area contributed by atoms with Gasteiger partial charge in [-0.3, -0.25) is 14.7 Å². The van der Waals surface area contributed by atoms with Gasteiger partial charge in [0, 0.05) is 25.7 Å². The summed E-state index contributed by atoms with van der Waals surface area (Å²) >= 11 is 0. The van der Waals surface area contributed by atoms with Crippen molar-refractivity contribution in [1.82, 2.24) is 20.9 Å². The Hall–Kier alpha value is -1.79. The third kappa shape index (κ3) is 6.50. The van der Waals surface area contributed by atoms with Crippen LogP contribution in [0.3, 0.4) is 0 Å². The molecule has 7 heteroatoms. The smallest absolute Gasteiger partial charge is 0.325 e. The fourth-order valence-electron chi connectivity index (χ4n) is 2.82. The molecule has 0 radical (unpaired) electrons. The summed E-state index contributed by atoms with van der Waals surface area (Å²) in [7, 11) is 0. The summed E-state index contributed by atoms with van der Waals surface area (Å²) < 4.78 is 0. The van der Waals surface area contributed by atoms with Gasteiger partial charge in [0.25, 0.3) is 5.91 Å². The number of carbonyl (C=O) groups excluding carboxylic acids is 2. The van der Waals surface area contributed by atoms with Crippen molar-refractivity contribution >= 4 is 17.9 Å². The molecule has 1 saturated heterocycles. The van der Waals surface area contributed by atoms with Crippen molar-refractivity contribution < 1.29 is 9.59 Å². The van der Waals surface area contributed by atoms with Gasteiger partial charge >= 0.3 is 6.03 Å². The molecule has 1 heterocycles. The minimum Gasteiger partial charge on any atom is -0.357 e. The Bertz CT molecular complexity index is 506. The van der Waals surface area contributed by atoms with Crippen molar-refractivity contribution in [3.8, 4) is 0 Å². The number of nitrogens with one attached hydrogen (secondary N) is 3. The molecule has 0 saturated carbocycles. The number of aliphatic imine (C=N–C) groups is 1. The van der Waals surface area contributed by atoms with Crippen molar-refractivity contribution in [3.05, 3.63) is 0 Å². The molecule has 3 N–H and O–H groups in total. The predicted molar refractivity (Wildman–Crippen MR) is 106 cm³/mol. The van der Waals surface area contributed by atoms with Crippen LogP contribution >= 0.6 is 0 Å². The van der Waals surface area contributed by atoms with E-state index in [-0.39, 0.29) is 11.9 Å². The second-order valence-corrected chi connectivity index (χ2v) is 7.70. The lowest BCUT2D eigenvalue weighted by atomic mass is 9.99. The van der Waals surface area contributed by atoms with E-state index in [1.165, 1.54) is 11.3 Å². The van der Waals surface area contributed by atoms with Crippen LogP contribution in [0.4, 0.5) is 4.79 Å². The van der Waals surface area contributed by atoms with Gasteiger partial charge in [0.05, 0.1) is 0 Å². The summed E-state index contributed by atoms with van der Waals surface area (Å²) in [6, 6.07) is 0.0575. The molecule has 0 aromatic carbocycles. The highest BCUT2D eigenvalue weighted by Crippen LogP contribution is 2.20. The van der Waals surface area contributed by atoms with E-state index in [0.29, 0.717) is 37.9 Å². The Morgan fingerprint density at radius 1 is 1.23 bits per heavy atom. The van der Waals surface area contributed by atoms with E-state index in [4.69, 9.17) is 0 Å². The van der Waals surface area contributed by atoms with Crippen LogP contribution in [-0.4, -0.2) is 54.0 Å². The molecule has 2 atom stereocenters. The highest BCUT2D eigenvalue weighted by atomic mass is 16.2. The minimum absolute atomic E-state index is 0.138. The molecule has 3 amide bonds. The number of guanidine groups is 1. The second-order valence-electron chi connectivity index (χ2n) is 7.70. The summed E-state index contributed by atoms with van der Waals surface area (Å²) in [5.41, 5.74) is -0.761. The van der Waals surface area contributed by atoms with Crippen LogP contribution in [0.1, 0.15) is 67.2 Å². The first-order chi connectivity index (χ1) is 12.2. The lowest BCUT2D eigenvalue weighted by Crippen LogP contribution is -2.43. The van der Waals surface area contributed by atoms with Crippen molar-refractivity contribution in [2.45, 2.75) is 78.8 Å². The van der Waals surface area contributed by atoms with Crippen molar-refractivity contribution in [3.63, 3.8) is 0 Å². The van der Waals surface area contributed by atoms with Gasteiger partial charge in [-0.25, -0.2) is 4.79 Å². The van der Waals surface area contributed by atoms with Crippen LogP contribution in [0.5, 0.6) is 0 Å². The summed E-state index contributed by atoms with van der Waals surface area (Å²) in [4.78, 5) is 30.2. The van der Waals surface area contributed by atoms with E-state index in [1.54, 1.807) is 6.92 Å². The summed E-state index contributed by atoms with van der Waals surface area (Å²) in [5, 5.41) is 9.44. The van der Waals surface area contributed by atoms with E-state index in [0.717, 1.165) is 18.9 Å².